The lowest BCUT2D eigenvalue weighted by Gasteiger charge is -2.07. The summed E-state index contributed by atoms with van der Waals surface area (Å²) >= 11 is 0. The van der Waals surface area contributed by atoms with E-state index in [2.05, 4.69) is 10.3 Å². The Bertz CT molecular complexity index is 1310. The summed E-state index contributed by atoms with van der Waals surface area (Å²) < 4.78 is 32.7. The molecule has 0 radical (unpaired) electrons. The molecule has 0 atom stereocenters. The molecule has 6 heteroatoms. The van der Waals surface area contributed by atoms with Gasteiger partial charge in [0.05, 0.1) is 4.90 Å². The summed E-state index contributed by atoms with van der Waals surface area (Å²) in [7, 11) is -3.86. The molecule has 0 unspecified atom stereocenters. The smallest absolute Gasteiger partial charge is 0.234 e. The van der Waals surface area contributed by atoms with Crippen LogP contribution in [-0.4, -0.2) is 13.4 Å². The van der Waals surface area contributed by atoms with Gasteiger partial charge in [0.25, 0.3) is 0 Å². The Hall–Kier alpha value is -3.38. The molecule has 4 rings (SSSR count). The van der Waals surface area contributed by atoms with Crippen molar-refractivity contribution in [1.29, 1.82) is 0 Å². The molecule has 0 bridgehead atoms. The number of nitrogens with one attached hydrogen (secondary N) is 1. The lowest BCUT2D eigenvalue weighted by molar-refractivity contribution is 0.576. The molecule has 0 aliphatic rings. The largest absolute Gasteiger partial charge is 0.419 e. The van der Waals surface area contributed by atoms with Crippen LogP contribution < -0.4 is 5.32 Å². The first-order valence-electron chi connectivity index (χ1n) is 10.0. The standard InChI is InChI=1S/C25H24N2O3S/c1-17-8-12-20(13-9-17)16-26-24-25(31(28,29)21-14-10-18(2)11-15-21)27-23(30-24)22-7-5-4-6-19(22)3/h4-15,26H,16H2,1-3H3. The van der Waals surface area contributed by atoms with Crippen LogP contribution in [0.2, 0.25) is 0 Å². The highest BCUT2D eigenvalue weighted by molar-refractivity contribution is 7.91. The fourth-order valence-corrected chi connectivity index (χ4v) is 4.52. The van der Waals surface area contributed by atoms with Crippen molar-refractivity contribution >= 4 is 15.7 Å². The maximum Gasteiger partial charge on any atom is 0.234 e. The number of aryl methyl sites for hydroxylation is 3. The van der Waals surface area contributed by atoms with Crippen molar-refractivity contribution < 1.29 is 12.8 Å². The fourth-order valence-electron chi connectivity index (χ4n) is 3.25. The van der Waals surface area contributed by atoms with Crippen molar-refractivity contribution in [3.8, 4) is 11.5 Å². The van der Waals surface area contributed by atoms with Crippen LogP contribution in [0.4, 0.5) is 5.88 Å². The van der Waals surface area contributed by atoms with Crippen molar-refractivity contribution in [3.63, 3.8) is 0 Å². The lowest BCUT2D eigenvalue weighted by atomic mass is 10.1. The number of oxazole rings is 1. The van der Waals surface area contributed by atoms with E-state index in [0.717, 1.165) is 27.8 Å². The van der Waals surface area contributed by atoms with Crippen LogP contribution in [0.15, 0.2) is 87.1 Å². The highest BCUT2D eigenvalue weighted by atomic mass is 32.2. The van der Waals surface area contributed by atoms with E-state index in [9.17, 15) is 8.42 Å². The van der Waals surface area contributed by atoms with Gasteiger partial charge in [-0.3, -0.25) is 0 Å². The first kappa shape index (κ1) is 20.9. The number of aromatic nitrogens is 1. The van der Waals surface area contributed by atoms with E-state index >= 15 is 0 Å². The number of nitrogens with zero attached hydrogens (tertiary/aromatic N) is 1. The second-order valence-electron chi connectivity index (χ2n) is 7.62. The lowest BCUT2D eigenvalue weighted by Crippen LogP contribution is -2.07. The minimum Gasteiger partial charge on any atom is -0.419 e. The van der Waals surface area contributed by atoms with Crippen molar-refractivity contribution in [2.45, 2.75) is 37.2 Å². The Morgan fingerprint density at radius 1 is 0.839 bits per heavy atom. The number of rotatable bonds is 6. The maximum atomic E-state index is 13.4. The third-order valence-electron chi connectivity index (χ3n) is 5.13. The van der Waals surface area contributed by atoms with Gasteiger partial charge in [-0.25, -0.2) is 8.42 Å². The maximum absolute atomic E-state index is 13.4. The number of sulfone groups is 1. The molecule has 0 aliphatic heterocycles. The molecule has 158 valence electrons. The summed E-state index contributed by atoms with van der Waals surface area (Å²) in [6, 6.07) is 22.4. The SMILES string of the molecule is Cc1ccc(CNc2oc(-c3ccccc3C)nc2S(=O)(=O)c2ccc(C)cc2)cc1. The molecule has 0 saturated heterocycles. The first-order chi connectivity index (χ1) is 14.8. The highest BCUT2D eigenvalue weighted by Crippen LogP contribution is 2.33. The van der Waals surface area contributed by atoms with Gasteiger partial charge < -0.3 is 9.73 Å². The van der Waals surface area contributed by atoms with Crippen molar-refractivity contribution in [2.75, 3.05) is 5.32 Å². The minimum absolute atomic E-state index is 0.110. The van der Waals surface area contributed by atoms with Crippen molar-refractivity contribution in [1.82, 2.24) is 4.98 Å². The van der Waals surface area contributed by atoms with Crippen LogP contribution in [0.5, 0.6) is 0 Å². The summed E-state index contributed by atoms with van der Waals surface area (Å²) in [6.07, 6.45) is 0. The molecule has 4 aromatic rings. The van der Waals surface area contributed by atoms with E-state index in [1.165, 1.54) is 0 Å². The Balaban J connectivity index is 1.77. The quantitative estimate of drug-likeness (QED) is 0.422. The molecule has 0 saturated carbocycles. The monoisotopic (exact) mass is 432 g/mol. The van der Waals surface area contributed by atoms with E-state index in [1.54, 1.807) is 24.3 Å². The molecule has 1 N–H and O–H groups in total. The zero-order chi connectivity index (χ0) is 22.0. The summed E-state index contributed by atoms with van der Waals surface area (Å²) in [5.74, 6) is 0.412. The Morgan fingerprint density at radius 3 is 2.10 bits per heavy atom. The van der Waals surface area contributed by atoms with Crippen LogP contribution in [-0.2, 0) is 16.4 Å². The predicted octanol–water partition coefficient (Wildman–Crippen LogP) is 5.71. The molecule has 0 aliphatic carbocycles. The van der Waals surface area contributed by atoms with Crippen LogP contribution in [0.25, 0.3) is 11.5 Å². The van der Waals surface area contributed by atoms with Gasteiger partial charge in [-0.05, 0) is 50.1 Å². The topological polar surface area (TPSA) is 72.2 Å². The summed E-state index contributed by atoms with van der Waals surface area (Å²) in [6.45, 7) is 6.29. The minimum atomic E-state index is -3.86. The zero-order valence-electron chi connectivity index (χ0n) is 17.7. The molecule has 3 aromatic carbocycles. The van der Waals surface area contributed by atoms with Gasteiger partial charge in [-0.15, -0.1) is 0 Å². The molecule has 5 nitrogen and oxygen atoms in total. The van der Waals surface area contributed by atoms with Gasteiger partial charge in [-0.1, -0.05) is 65.7 Å². The fraction of sp³-hybridized carbons (Fsp3) is 0.160. The van der Waals surface area contributed by atoms with E-state index in [1.807, 2.05) is 69.3 Å². The van der Waals surface area contributed by atoms with E-state index < -0.39 is 9.84 Å². The summed E-state index contributed by atoms with van der Waals surface area (Å²) in [5, 5.41) is 3.03. The third kappa shape index (κ3) is 4.39. The number of hydrogen-bond acceptors (Lipinski definition) is 5. The number of anilines is 1. The van der Waals surface area contributed by atoms with Gasteiger partial charge in [0.1, 0.15) is 0 Å². The zero-order valence-corrected chi connectivity index (χ0v) is 18.5. The molecule has 1 heterocycles. The van der Waals surface area contributed by atoms with Crippen LogP contribution in [0.1, 0.15) is 22.3 Å². The number of benzene rings is 3. The predicted molar refractivity (Wildman–Crippen MR) is 122 cm³/mol. The second kappa shape index (κ2) is 8.40. The van der Waals surface area contributed by atoms with Crippen molar-refractivity contribution in [2.24, 2.45) is 0 Å². The van der Waals surface area contributed by atoms with Gasteiger partial charge in [-0.2, -0.15) is 4.98 Å². The average molecular weight is 433 g/mol. The molecular weight excluding hydrogens is 408 g/mol. The van der Waals surface area contributed by atoms with Gasteiger partial charge in [0, 0.05) is 12.1 Å². The number of hydrogen-bond donors (Lipinski definition) is 1. The van der Waals surface area contributed by atoms with E-state index in [0.29, 0.717) is 6.54 Å². The average Bonchev–Trinajstić information content (AvgIpc) is 3.19. The molecular formula is C25H24N2O3S. The second-order valence-corrected chi connectivity index (χ2v) is 9.49. The van der Waals surface area contributed by atoms with Crippen LogP contribution >= 0.6 is 0 Å². The Morgan fingerprint density at radius 2 is 1.45 bits per heavy atom. The van der Waals surface area contributed by atoms with Gasteiger partial charge >= 0.3 is 0 Å². The molecule has 0 fully saturated rings. The highest BCUT2D eigenvalue weighted by Gasteiger charge is 2.28. The normalized spacial score (nSPS) is 11.5. The Kier molecular flexibility index (Phi) is 5.65. The molecule has 1 aromatic heterocycles. The molecule has 31 heavy (non-hydrogen) atoms. The van der Waals surface area contributed by atoms with Crippen molar-refractivity contribution in [3.05, 3.63) is 95.1 Å². The Labute approximate surface area is 182 Å². The summed E-state index contributed by atoms with van der Waals surface area (Å²) in [4.78, 5) is 4.60. The van der Waals surface area contributed by atoms with Crippen LogP contribution in [0.3, 0.4) is 0 Å². The van der Waals surface area contributed by atoms with E-state index in [4.69, 9.17) is 4.42 Å². The van der Waals surface area contributed by atoms with E-state index in [-0.39, 0.29) is 21.7 Å². The molecule has 0 spiro atoms. The van der Waals surface area contributed by atoms with Crippen LogP contribution in [0, 0.1) is 20.8 Å². The van der Waals surface area contributed by atoms with Gasteiger partial charge in [0.2, 0.25) is 26.6 Å². The third-order valence-corrected chi connectivity index (χ3v) is 6.81. The van der Waals surface area contributed by atoms with Gasteiger partial charge in [0.15, 0.2) is 0 Å². The summed E-state index contributed by atoms with van der Waals surface area (Å²) in [5.41, 5.74) is 4.86. The first-order valence-corrected chi connectivity index (χ1v) is 11.5. The molecule has 0 amide bonds.